The van der Waals surface area contributed by atoms with Gasteiger partial charge in [-0.3, -0.25) is 0 Å². The Balaban J connectivity index is 1.82. The van der Waals surface area contributed by atoms with E-state index < -0.39 is 0 Å². The maximum Gasteiger partial charge on any atom is 0.295 e. The van der Waals surface area contributed by atoms with Crippen molar-refractivity contribution in [2.24, 2.45) is 0 Å². The van der Waals surface area contributed by atoms with E-state index in [9.17, 15) is 4.91 Å². The molecule has 3 heteroatoms. The van der Waals surface area contributed by atoms with Crippen molar-refractivity contribution < 1.29 is 9.50 Å². The molecule has 1 fully saturated rings. The van der Waals surface area contributed by atoms with Gasteiger partial charge in [0.15, 0.2) is 0 Å². The van der Waals surface area contributed by atoms with Gasteiger partial charge in [0.05, 0.1) is 6.61 Å². The second-order valence-corrected chi connectivity index (χ2v) is 5.87. The summed E-state index contributed by atoms with van der Waals surface area (Å²) in [5.41, 5.74) is 0. The number of ether oxygens (including phenoxy) is 1. The molecule has 1 heterocycles. The lowest BCUT2D eigenvalue weighted by molar-refractivity contribution is -0.636. The second-order valence-electron chi connectivity index (χ2n) is 5.87. The fraction of sp³-hybridized carbons (Fsp3) is 1.00. The van der Waals surface area contributed by atoms with E-state index in [0.29, 0.717) is 0 Å². The Morgan fingerprint density at radius 2 is 1.53 bits per heavy atom. The van der Waals surface area contributed by atoms with Crippen LogP contribution in [0.15, 0.2) is 0 Å². The van der Waals surface area contributed by atoms with Crippen LogP contribution in [0.25, 0.3) is 0 Å². The zero-order valence-corrected chi connectivity index (χ0v) is 12.7. The van der Waals surface area contributed by atoms with E-state index >= 15 is 0 Å². The molecule has 0 spiro atoms. The zero-order chi connectivity index (χ0) is 13.8. The molecule has 1 unspecified atom stereocenters. The maximum atomic E-state index is 11.5. The largest absolute Gasteiger partial charge is 0.320 e. The molecule has 0 saturated carbocycles. The average molecular weight is 270 g/mol. The first-order chi connectivity index (χ1) is 9.34. The second kappa shape index (κ2) is 11.4. The van der Waals surface area contributed by atoms with E-state index in [0.717, 1.165) is 24.2 Å². The van der Waals surface area contributed by atoms with Gasteiger partial charge in [-0.1, -0.05) is 64.7 Å². The molecule has 1 rings (SSSR count). The molecule has 0 radical (unpaired) electrons. The molecular weight excluding hydrogens is 238 g/mol. The van der Waals surface area contributed by atoms with Crippen molar-refractivity contribution in [1.82, 2.24) is 0 Å². The summed E-state index contributed by atoms with van der Waals surface area (Å²) in [7, 11) is 0. The number of nitrogens with zero attached hydrogens (tertiary/aromatic N) is 1. The van der Waals surface area contributed by atoms with Crippen molar-refractivity contribution in [3.8, 4) is 0 Å². The third-order valence-corrected chi connectivity index (χ3v) is 4.11. The minimum atomic E-state index is 0.225. The highest BCUT2D eigenvalue weighted by Crippen LogP contribution is 2.15. The quantitative estimate of drug-likeness (QED) is 0.398. The molecule has 0 N–H and O–H groups in total. The topological polar surface area (TPSA) is 29.3 Å². The molecule has 0 aromatic heterocycles. The lowest BCUT2D eigenvalue weighted by Gasteiger charge is -2.14. The molecule has 1 aliphatic rings. The smallest absolute Gasteiger partial charge is 0.295 e. The van der Waals surface area contributed by atoms with Crippen molar-refractivity contribution in [2.75, 3.05) is 13.3 Å². The molecule has 3 nitrogen and oxygen atoms in total. The molecule has 0 aliphatic carbocycles. The van der Waals surface area contributed by atoms with Gasteiger partial charge < -0.3 is 4.74 Å². The van der Waals surface area contributed by atoms with Gasteiger partial charge in [-0.15, -0.1) is 0 Å². The Hall–Kier alpha value is -0.440. The van der Waals surface area contributed by atoms with Crippen molar-refractivity contribution in [3.05, 3.63) is 4.91 Å². The summed E-state index contributed by atoms with van der Waals surface area (Å²) < 4.78 is 6.25. The highest BCUT2D eigenvalue weighted by molar-refractivity contribution is 4.59. The SMILES string of the molecule is CCCCCCCCCCCCC1CCOC[N+]1=O. The van der Waals surface area contributed by atoms with Crippen LogP contribution >= 0.6 is 0 Å². The molecule has 0 bridgehead atoms. The summed E-state index contributed by atoms with van der Waals surface area (Å²) in [6, 6.07) is 0.225. The van der Waals surface area contributed by atoms with Gasteiger partial charge in [0, 0.05) is 22.5 Å². The minimum absolute atomic E-state index is 0.225. The van der Waals surface area contributed by atoms with Gasteiger partial charge in [-0.25, -0.2) is 0 Å². The highest BCUT2D eigenvalue weighted by Gasteiger charge is 2.28. The third-order valence-electron chi connectivity index (χ3n) is 4.11. The molecule has 1 atom stereocenters. The number of hydrogen-bond acceptors (Lipinski definition) is 2. The first-order valence-electron chi connectivity index (χ1n) is 8.36. The lowest BCUT2D eigenvalue weighted by atomic mass is 10.0. The molecule has 0 aromatic rings. The normalized spacial score (nSPS) is 19.8. The molecule has 1 aliphatic heterocycles. The highest BCUT2D eigenvalue weighted by atomic mass is 16.5. The third kappa shape index (κ3) is 8.35. The fourth-order valence-corrected chi connectivity index (χ4v) is 2.78. The van der Waals surface area contributed by atoms with Crippen LogP contribution in [0.5, 0.6) is 0 Å². The predicted molar refractivity (Wildman–Crippen MR) is 79.3 cm³/mol. The van der Waals surface area contributed by atoms with Crippen LogP contribution in [-0.4, -0.2) is 24.1 Å². The molecule has 1 saturated heterocycles. The summed E-state index contributed by atoms with van der Waals surface area (Å²) in [4.78, 5) is 11.5. The Bertz CT molecular complexity index is 231. The maximum absolute atomic E-state index is 11.5. The van der Waals surface area contributed by atoms with Crippen LogP contribution < -0.4 is 0 Å². The summed E-state index contributed by atoms with van der Waals surface area (Å²) >= 11 is 0. The summed E-state index contributed by atoms with van der Waals surface area (Å²) in [6.45, 7) is 3.31. The van der Waals surface area contributed by atoms with Gasteiger partial charge in [0.1, 0.15) is 0 Å². The Morgan fingerprint density at radius 1 is 0.947 bits per heavy atom. The van der Waals surface area contributed by atoms with E-state index in [-0.39, 0.29) is 12.8 Å². The molecule has 112 valence electrons. The van der Waals surface area contributed by atoms with E-state index in [1.54, 1.807) is 0 Å². The average Bonchev–Trinajstić information content (AvgIpc) is 2.43. The molecule has 0 amide bonds. The lowest BCUT2D eigenvalue weighted by Crippen LogP contribution is -2.33. The van der Waals surface area contributed by atoms with Crippen LogP contribution in [0.1, 0.15) is 84.0 Å². The van der Waals surface area contributed by atoms with Gasteiger partial charge in [-0.2, -0.15) is 0 Å². The molecule has 19 heavy (non-hydrogen) atoms. The van der Waals surface area contributed by atoms with Gasteiger partial charge >= 0.3 is 0 Å². The van der Waals surface area contributed by atoms with E-state index in [2.05, 4.69) is 6.92 Å². The summed E-state index contributed by atoms with van der Waals surface area (Å²) in [6.07, 6.45) is 15.6. The van der Waals surface area contributed by atoms with Crippen LogP contribution in [0.3, 0.4) is 0 Å². The Kier molecular flexibility index (Phi) is 9.96. The van der Waals surface area contributed by atoms with E-state index in [1.165, 1.54) is 64.2 Å². The van der Waals surface area contributed by atoms with Crippen LogP contribution in [-0.2, 0) is 4.74 Å². The van der Waals surface area contributed by atoms with Crippen molar-refractivity contribution in [1.29, 1.82) is 0 Å². The fourth-order valence-electron chi connectivity index (χ4n) is 2.78. The summed E-state index contributed by atoms with van der Waals surface area (Å²) in [5, 5.41) is 0. The molecule has 0 aromatic carbocycles. The summed E-state index contributed by atoms with van der Waals surface area (Å²) in [5.74, 6) is 0. The monoisotopic (exact) mass is 270 g/mol. The van der Waals surface area contributed by atoms with Crippen LogP contribution in [0, 0.1) is 4.91 Å². The van der Waals surface area contributed by atoms with Crippen LogP contribution in [0.4, 0.5) is 0 Å². The van der Waals surface area contributed by atoms with Gasteiger partial charge in [0.2, 0.25) is 6.04 Å². The van der Waals surface area contributed by atoms with Crippen molar-refractivity contribution in [2.45, 2.75) is 90.0 Å². The standard InChI is InChI=1S/C16H32NO2/c1-2-3-4-5-6-7-8-9-10-11-12-16-13-14-19-15-17(16)18/h16H,2-15H2,1H3/q+1. The number of nitroso groups, excluding NO2 is 1. The first-order valence-corrected chi connectivity index (χ1v) is 8.36. The van der Waals surface area contributed by atoms with Gasteiger partial charge in [0.25, 0.3) is 6.73 Å². The minimum Gasteiger partial charge on any atom is -0.320 e. The molecular formula is C16H32NO2+. The zero-order valence-electron chi connectivity index (χ0n) is 12.7. The van der Waals surface area contributed by atoms with Crippen molar-refractivity contribution >= 4 is 0 Å². The number of unbranched alkanes of at least 4 members (excludes halogenated alkanes) is 9. The van der Waals surface area contributed by atoms with E-state index in [1.807, 2.05) is 0 Å². The number of rotatable bonds is 11. The van der Waals surface area contributed by atoms with Gasteiger partial charge in [-0.05, 0) is 6.42 Å². The Morgan fingerprint density at radius 3 is 2.11 bits per heavy atom. The Labute approximate surface area is 118 Å². The number of hydrogen-bond donors (Lipinski definition) is 0. The first kappa shape index (κ1) is 16.6. The predicted octanol–water partition coefficient (Wildman–Crippen LogP) is 4.82. The van der Waals surface area contributed by atoms with E-state index in [4.69, 9.17) is 4.74 Å². The van der Waals surface area contributed by atoms with Crippen LogP contribution in [0.2, 0.25) is 0 Å². The van der Waals surface area contributed by atoms with Crippen molar-refractivity contribution in [3.63, 3.8) is 0 Å².